The molecule has 6 aromatic rings. The van der Waals surface area contributed by atoms with E-state index in [2.05, 4.69) is 126 Å². The normalized spacial score (nSPS) is 11.0. The predicted molar refractivity (Wildman–Crippen MR) is 158 cm³/mol. The molecule has 0 atom stereocenters. The van der Waals surface area contributed by atoms with Gasteiger partial charge in [-0.25, -0.2) is 4.62 Å². The molecule has 2 N–H and O–H groups in total. The van der Waals surface area contributed by atoms with E-state index in [4.69, 9.17) is 9.79 Å². The molecule has 4 nitrogen and oxygen atoms in total. The van der Waals surface area contributed by atoms with Crippen LogP contribution in [-0.2, 0) is 4.62 Å². The summed E-state index contributed by atoms with van der Waals surface area (Å²) in [5, 5.41) is 12.1. The van der Waals surface area contributed by atoms with Crippen molar-refractivity contribution in [3.63, 3.8) is 0 Å². The molecule has 0 aliphatic heterocycles. The quantitative estimate of drug-likeness (QED) is 0.142. The van der Waals surface area contributed by atoms with Crippen molar-refractivity contribution in [3.05, 3.63) is 121 Å². The van der Waals surface area contributed by atoms with Crippen molar-refractivity contribution in [1.29, 1.82) is 0 Å². The molecule has 0 spiro atoms. The van der Waals surface area contributed by atoms with Crippen LogP contribution in [0.1, 0.15) is 13.8 Å². The molecule has 0 aromatic heterocycles. The van der Waals surface area contributed by atoms with Crippen LogP contribution in [0.15, 0.2) is 121 Å². The molecule has 0 aliphatic carbocycles. The number of hydrogen-bond acceptors (Lipinski definition) is 4. The van der Waals surface area contributed by atoms with Gasteiger partial charge in [-0.2, -0.15) is 5.06 Å². The molecular formula is C32H32NO3P. The summed E-state index contributed by atoms with van der Waals surface area (Å²) in [5.41, 5.74) is 0. The minimum atomic E-state index is -2.23. The van der Waals surface area contributed by atoms with Crippen molar-refractivity contribution < 1.29 is 14.4 Å². The highest BCUT2D eigenvalue weighted by molar-refractivity contribution is 7.39. The van der Waals surface area contributed by atoms with Crippen molar-refractivity contribution in [3.8, 4) is 0 Å². The van der Waals surface area contributed by atoms with E-state index in [0.717, 1.165) is 0 Å². The fourth-order valence-corrected chi connectivity index (χ4v) is 4.79. The maximum absolute atomic E-state index is 8.34. The monoisotopic (exact) mass is 509 g/mol. The Balaban J connectivity index is 0.000000134. The highest BCUT2D eigenvalue weighted by Crippen LogP contribution is 2.26. The Morgan fingerprint density at radius 3 is 0.973 bits per heavy atom. The van der Waals surface area contributed by atoms with E-state index in [1.807, 2.05) is 13.8 Å². The fourth-order valence-electron chi connectivity index (χ4n) is 4.35. The summed E-state index contributed by atoms with van der Waals surface area (Å²) < 4.78 is 4.56. The average molecular weight is 510 g/mol. The average Bonchev–Trinajstić information content (AvgIpc) is 2.96. The first-order valence-corrected chi connectivity index (χ1v) is 13.6. The Bertz CT molecular complexity index is 1360. The van der Waals surface area contributed by atoms with Crippen LogP contribution in [0.25, 0.3) is 43.1 Å². The topological polar surface area (TPSA) is 52.9 Å². The Morgan fingerprint density at radius 1 is 0.486 bits per heavy atom. The number of hydroxylamine groups is 2. The number of rotatable bonds is 4. The lowest BCUT2D eigenvalue weighted by molar-refractivity contribution is -0.0583. The van der Waals surface area contributed by atoms with E-state index in [-0.39, 0.29) is 0 Å². The van der Waals surface area contributed by atoms with Crippen LogP contribution >= 0.6 is 8.60 Å². The summed E-state index contributed by atoms with van der Waals surface area (Å²) in [7, 11) is -2.23. The van der Waals surface area contributed by atoms with Gasteiger partial charge in [0.05, 0.1) is 0 Å². The van der Waals surface area contributed by atoms with E-state index in [0.29, 0.717) is 13.1 Å². The molecule has 0 bridgehead atoms. The summed E-state index contributed by atoms with van der Waals surface area (Å²) in [6.45, 7) is 5.08. The summed E-state index contributed by atoms with van der Waals surface area (Å²) in [5.74, 6) is 0. The summed E-state index contributed by atoms with van der Waals surface area (Å²) in [6.07, 6.45) is 0. The Hall–Kier alpha value is -3.37. The van der Waals surface area contributed by atoms with Gasteiger partial charge in [0, 0.05) is 13.1 Å². The van der Waals surface area contributed by atoms with Crippen molar-refractivity contribution in [2.45, 2.75) is 13.8 Å². The minimum absolute atomic E-state index is 0.663. The second-order valence-corrected chi connectivity index (χ2v) is 9.13. The summed E-state index contributed by atoms with van der Waals surface area (Å²) in [6, 6.07) is 42.7. The first kappa shape index (κ1) is 26.7. The standard InChI is InChI=1S/2C14H10.C4H12NO3P/c2*1-3-7-13-11(5-1)9-10-12-6-2-4-8-14(12)13;1-3-5(4-2)8-9(6)7/h2*1-10H;6-7H,3-4H2,1-2H3. The second-order valence-electron chi connectivity index (χ2n) is 8.46. The van der Waals surface area contributed by atoms with Gasteiger partial charge in [-0.1, -0.05) is 135 Å². The molecule has 188 valence electrons. The third-order valence-electron chi connectivity index (χ3n) is 6.20. The largest absolute Gasteiger partial charge is 0.345 e. The smallest absolute Gasteiger partial charge is 0.327 e. The third kappa shape index (κ3) is 6.90. The molecule has 0 radical (unpaired) electrons. The molecule has 6 aromatic carbocycles. The van der Waals surface area contributed by atoms with Crippen LogP contribution in [0.5, 0.6) is 0 Å². The van der Waals surface area contributed by atoms with Crippen LogP contribution in [0.4, 0.5) is 0 Å². The van der Waals surface area contributed by atoms with Gasteiger partial charge >= 0.3 is 8.60 Å². The number of nitrogens with zero attached hydrogens (tertiary/aromatic N) is 1. The van der Waals surface area contributed by atoms with Crippen LogP contribution in [0.3, 0.4) is 0 Å². The second kappa shape index (κ2) is 13.3. The zero-order valence-electron chi connectivity index (χ0n) is 21.2. The molecule has 0 saturated carbocycles. The lowest BCUT2D eigenvalue weighted by atomic mass is 10.0. The van der Waals surface area contributed by atoms with Crippen LogP contribution in [0.2, 0.25) is 0 Å². The van der Waals surface area contributed by atoms with Crippen molar-refractivity contribution in [1.82, 2.24) is 5.06 Å². The van der Waals surface area contributed by atoms with Crippen molar-refractivity contribution >= 4 is 51.7 Å². The minimum Gasteiger partial charge on any atom is -0.327 e. The lowest BCUT2D eigenvalue weighted by Gasteiger charge is -2.16. The van der Waals surface area contributed by atoms with Gasteiger partial charge in [-0.3, -0.25) is 0 Å². The number of fused-ring (bicyclic) bond motifs is 6. The lowest BCUT2D eigenvalue weighted by Crippen LogP contribution is -2.20. The molecule has 0 amide bonds. The predicted octanol–water partition coefficient (Wildman–Crippen LogP) is 8.46. The van der Waals surface area contributed by atoms with Gasteiger partial charge in [-0.15, -0.1) is 0 Å². The van der Waals surface area contributed by atoms with Crippen LogP contribution < -0.4 is 0 Å². The molecule has 0 heterocycles. The zero-order chi connectivity index (χ0) is 26.0. The van der Waals surface area contributed by atoms with Gasteiger partial charge < -0.3 is 9.79 Å². The molecule has 0 aliphatic rings. The van der Waals surface area contributed by atoms with Crippen molar-refractivity contribution in [2.75, 3.05) is 13.1 Å². The zero-order valence-corrected chi connectivity index (χ0v) is 22.1. The van der Waals surface area contributed by atoms with E-state index in [1.165, 1.54) is 48.2 Å². The highest BCUT2D eigenvalue weighted by atomic mass is 31.2. The first-order valence-electron chi connectivity index (χ1n) is 12.4. The van der Waals surface area contributed by atoms with Gasteiger partial charge in [0.1, 0.15) is 0 Å². The molecule has 37 heavy (non-hydrogen) atoms. The Labute approximate surface area is 219 Å². The Morgan fingerprint density at radius 2 is 0.757 bits per heavy atom. The molecule has 6 rings (SSSR count). The first-order chi connectivity index (χ1) is 18.1. The molecule has 0 saturated heterocycles. The maximum Gasteiger partial charge on any atom is 0.345 e. The van der Waals surface area contributed by atoms with E-state index < -0.39 is 8.60 Å². The van der Waals surface area contributed by atoms with Gasteiger partial charge in [0.2, 0.25) is 0 Å². The summed E-state index contributed by atoms with van der Waals surface area (Å²) in [4.78, 5) is 16.7. The molecule has 0 unspecified atom stereocenters. The molecular weight excluding hydrogens is 477 g/mol. The maximum atomic E-state index is 8.34. The molecule has 0 fully saturated rings. The van der Waals surface area contributed by atoms with Gasteiger partial charge in [0.25, 0.3) is 0 Å². The molecule has 5 heteroatoms. The number of hydrogen-bond donors (Lipinski definition) is 2. The van der Waals surface area contributed by atoms with Gasteiger partial charge in [0.15, 0.2) is 0 Å². The Kier molecular flexibility index (Phi) is 9.56. The summed E-state index contributed by atoms with van der Waals surface area (Å²) >= 11 is 0. The van der Waals surface area contributed by atoms with Gasteiger partial charge in [-0.05, 0) is 43.1 Å². The van der Waals surface area contributed by atoms with E-state index >= 15 is 0 Å². The third-order valence-corrected chi connectivity index (χ3v) is 6.58. The number of benzene rings is 6. The SMILES string of the molecule is CCN(CC)OP(O)O.c1ccc2c(c1)ccc1ccccc12.c1ccc2c(c1)ccc1ccccc12. The van der Waals surface area contributed by atoms with Crippen LogP contribution in [0, 0.1) is 0 Å². The fraction of sp³-hybridized carbons (Fsp3) is 0.125. The highest BCUT2D eigenvalue weighted by Gasteiger charge is 2.05. The van der Waals surface area contributed by atoms with E-state index in [9.17, 15) is 0 Å². The van der Waals surface area contributed by atoms with Crippen molar-refractivity contribution in [2.24, 2.45) is 0 Å². The van der Waals surface area contributed by atoms with E-state index in [1.54, 1.807) is 0 Å². The van der Waals surface area contributed by atoms with Crippen LogP contribution in [-0.4, -0.2) is 27.9 Å².